The zero-order chi connectivity index (χ0) is 13.1. The maximum atomic E-state index is 12.0. The van der Waals surface area contributed by atoms with Gasteiger partial charge in [-0.1, -0.05) is 11.6 Å². The fourth-order valence-electron chi connectivity index (χ4n) is 2.01. The Bertz CT molecular complexity index is 428. The predicted molar refractivity (Wildman–Crippen MR) is 80.1 cm³/mol. The molecule has 0 spiro atoms. The molecule has 3 atom stereocenters. The normalized spacial score (nSPS) is 23.7. The Morgan fingerprint density at radius 1 is 1.63 bits per heavy atom. The van der Waals surface area contributed by atoms with E-state index in [1.807, 2.05) is 19.1 Å². The van der Waals surface area contributed by atoms with Gasteiger partial charge in [0.1, 0.15) is 6.10 Å². The van der Waals surface area contributed by atoms with Crippen molar-refractivity contribution >= 4 is 41.3 Å². The molecule has 1 amide bonds. The number of nitrogens with two attached hydrogens (primary N) is 1. The quantitative estimate of drug-likeness (QED) is 0.894. The lowest BCUT2D eigenvalue weighted by Crippen LogP contribution is -2.36. The molecule has 1 aliphatic rings. The maximum absolute atomic E-state index is 12.0. The monoisotopic (exact) mass is 324 g/mol. The lowest BCUT2D eigenvalue weighted by molar-refractivity contribution is -0.132. The fourth-order valence-corrected chi connectivity index (χ4v) is 3.07. The first-order chi connectivity index (χ1) is 8.60. The highest BCUT2D eigenvalue weighted by Gasteiger charge is 2.30. The number of amides is 1. The van der Waals surface area contributed by atoms with Crippen LogP contribution in [-0.4, -0.2) is 24.7 Å². The molecular weight excluding hydrogens is 307 g/mol. The van der Waals surface area contributed by atoms with Gasteiger partial charge in [-0.25, -0.2) is 0 Å². The maximum Gasteiger partial charge on any atom is 0.249 e. The molecule has 4 nitrogen and oxygen atoms in total. The van der Waals surface area contributed by atoms with Crippen molar-refractivity contribution in [1.29, 1.82) is 0 Å². The highest BCUT2D eigenvalue weighted by atomic mass is 35.5. The van der Waals surface area contributed by atoms with E-state index in [4.69, 9.17) is 22.1 Å². The summed E-state index contributed by atoms with van der Waals surface area (Å²) in [4.78, 5) is 13.0. The molecule has 19 heavy (non-hydrogen) atoms. The molecule has 0 bridgehead atoms. The van der Waals surface area contributed by atoms with E-state index in [9.17, 15) is 4.79 Å². The smallest absolute Gasteiger partial charge is 0.249 e. The average molecular weight is 325 g/mol. The molecular formula is C12H18Cl2N2O2S. The first-order valence-electron chi connectivity index (χ1n) is 6.01. The van der Waals surface area contributed by atoms with Crippen LogP contribution in [-0.2, 0) is 9.53 Å². The minimum absolute atomic E-state index is 0. The molecule has 108 valence electrons. The van der Waals surface area contributed by atoms with E-state index in [0.29, 0.717) is 6.54 Å². The molecule has 1 unspecified atom stereocenters. The highest BCUT2D eigenvalue weighted by molar-refractivity contribution is 7.16. The molecule has 2 rings (SSSR count). The lowest BCUT2D eigenvalue weighted by atomic mass is 10.2. The van der Waals surface area contributed by atoms with E-state index in [1.54, 1.807) is 0 Å². The van der Waals surface area contributed by atoms with Crippen LogP contribution in [0.1, 0.15) is 30.7 Å². The van der Waals surface area contributed by atoms with Crippen LogP contribution in [0.5, 0.6) is 0 Å². The van der Waals surface area contributed by atoms with Crippen molar-refractivity contribution in [3.8, 4) is 0 Å². The molecule has 1 fully saturated rings. The predicted octanol–water partition coefficient (Wildman–Crippen LogP) is 2.51. The van der Waals surface area contributed by atoms with E-state index >= 15 is 0 Å². The molecule has 1 aromatic rings. The van der Waals surface area contributed by atoms with Crippen molar-refractivity contribution in [3.63, 3.8) is 0 Å². The molecule has 0 aliphatic carbocycles. The minimum atomic E-state index is -0.364. The summed E-state index contributed by atoms with van der Waals surface area (Å²) in [6.07, 6.45) is 1.25. The Morgan fingerprint density at radius 3 is 2.89 bits per heavy atom. The summed E-state index contributed by atoms with van der Waals surface area (Å²) in [5, 5.41) is 2.94. The van der Waals surface area contributed by atoms with Gasteiger partial charge in [-0.2, -0.15) is 0 Å². The van der Waals surface area contributed by atoms with Gasteiger partial charge in [-0.15, -0.1) is 23.7 Å². The van der Waals surface area contributed by atoms with Crippen LogP contribution in [0.15, 0.2) is 12.1 Å². The van der Waals surface area contributed by atoms with Gasteiger partial charge in [0.25, 0.3) is 0 Å². The standard InChI is InChI=1S/C12H17ClN2O2S.ClH/c1-7(10-4-5-11(13)18-10)15-12(16)9-3-2-8(6-14)17-9;/h4-5,7-9H,2-3,6,14H2,1H3,(H,15,16);1H/t7?,8-,9+;/m1./s1. The first kappa shape index (κ1) is 16.7. The second-order valence-corrected chi connectivity index (χ2v) is 6.18. The fraction of sp³-hybridized carbons (Fsp3) is 0.583. The summed E-state index contributed by atoms with van der Waals surface area (Å²) in [6, 6.07) is 3.71. The number of rotatable bonds is 4. The van der Waals surface area contributed by atoms with E-state index in [-0.39, 0.29) is 36.6 Å². The molecule has 1 aromatic heterocycles. The molecule has 3 N–H and O–H groups in total. The van der Waals surface area contributed by atoms with Crippen LogP contribution in [0.25, 0.3) is 0 Å². The van der Waals surface area contributed by atoms with Gasteiger partial charge >= 0.3 is 0 Å². The van der Waals surface area contributed by atoms with Gasteiger partial charge < -0.3 is 15.8 Å². The van der Waals surface area contributed by atoms with Crippen LogP contribution in [0, 0.1) is 0 Å². The number of halogens is 2. The number of carbonyl (C=O) groups is 1. The first-order valence-corrected chi connectivity index (χ1v) is 7.20. The van der Waals surface area contributed by atoms with Crippen LogP contribution in [0.2, 0.25) is 4.34 Å². The number of nitrogens with one attached hydrogen (secondary N) is 1. The zero-order valence-corrected chi connectivity index (χ0v) is 13.0. The number of carbonyl (C=O) groups excluding carboxylic acids is 1. The van der Waals surface area contributed by atoms with Crippen molar-refractivity contribution < 1.29 is 9.53 Å². The van der Waals surface area contributed by atoms with Crippen LogP contribution >= 0.6 is 35.3 Å². The third-order valence-electron chi connectivity index (χ3n) is 3.04. The van der Waals surface area contributed by atoms with Gasteiger partial charge in [-0.3, -0.25) is 4.79 Å². The van der Waals surface area contributed by atoms with Gasteiger partial charge in [0.2, 0.25) is 5.91 Å². The van der Waals surface area contributed by atoms with Crippen molar-refractivity contribution in [3.05, 3.63) is 21.3 Å². The zero-order valence-electron chi connectivity index (χ0n) is 10.6. The third kappa shape index (κ3) is 4.33. The SMILES string of the molecule is CC(NC(=O)[C@@H]1CC[C@H](CN)O1)c1ccc(Cl)s1.Cl. The summed E-state index contributed by atoms with van der Waals surface area (Å²) in [5.41, 5.74) is 5.52. The van der Waals surface area contributed by atoms with E-state index in [1.165, 1.54) is 11.3 Å². The summed E-state index contributed by atoms with van der Waals surface area (Å²) < 4.78 is 6.28. The Kier molecular flexibility index (Phi) is 6.56. The number of thiophene rings is 1. The second-order valence-electron chi connectivity index (χ2n) is 4.43. The second kappa shape index (κ2) is 7.45. The number of ether oxygens (including phenoxy) is 1. The summed E-state index contributed by atoms with van der Waals surface area (Å²) in [5.74, 6) is -0.0667. The van der Waals surface area contributed by atoms with Crippen molar-refractivity contribution in [2.24, 2.45) is 5.73 Å². The molecule has 0 aromatic carbocycles. The summed E-state index contributed by atoms with van der Waals surface area (Å²) in [6.45, 7) is 2.41. The van der Waals surface area contributed by atoms with Gasteiger partial charge in [0.05, 0.1) is 16.5 Å². The third-order valence-corrected chi connectivity index (χ3v) is 4.46. The Hall–Kier alpha value is -0.330. The largest absolute Gasteiger partial charge is 0.364 e. The van der Waals surface area contributed by atoms with Crippen molar-refractivity contribution in [2.75, 3.05) is 6.54 Å². The highest BCUT2D eigenvalue weighted by Crippen LogP contribution is 2.27. The average Bonchev–Trinajstić information content (AvgIpc) is 2.97. The Morgan fingerprint density at radius 2 is 2.37 bits per heavy atom. The number of hydrogen-bond donors (Lipinski definition) is 2. The van der Waals surface area contributed by atoms with Crippen LogP contribution in [0.3, 0.4) is 0 Å². The molecule has 1 aliphatic heterocycles. The Balaban J connectivity index is 0.00000180. The minimum Gasteiger partial charge on any atom is -0.364 e. The van der Waals surface area contributed by atoms with Gasteiger partial charge in [0.15, 0.2) is 0 Å². The van der Waals surface area contributed by atoms with Gasteiger partial charge in [0, 0.05) is 11.4 Å². The van der Waals surface area contributed by atoms with E-state index < -0.39 is 0 Å². The topological polar surface area (TPSA) is 64.4 Å². The number of hydrogen-bond acceptors (Lipinski definition) is 4. The lowest BCUT2D eigenvalue weighted by Gasteiger charge is -2.16. The van der Waals surface area contributed by atoms with Crippen LogP contribution in [0.4, 0.5) is 0 Å². The van der Waals surface area contributed by atoms with E-state index in [0.717, 1.165) is 22.1 Å². The Labute approximate surface area is 128 Å². The molecule has 1 saturated heterocycles. The molecule has 7 heteroatoms. The van der Waals surface area contributed by atoms with Crippen LogP contribution < -0.4 is 11.1 Å². The summed E-state index contributed by atoms with van der Waals surface area (Å²) in [7, 11) is 0. The molecule has 2 heterocycles. The van der Waals surface area contributed by atoms with E-state index in [2.05, 4.69) is 5.32 Å². The molecule has 0 saturated carbocycles. The van der Waals surface area contributed by atoms with Crippen molar-refractivity contribution in [1.82, 2.24) is 5.32 Å². The summed E-state index contributed by atoms with van der Waals surface area (Å²) >= 11 is 7.35. The van der Waals surface area contributed by atoms with Crippen molar-refractivity contribution in [2.45, 2.75) is 38.0 Å². The van der Waals surface area contributed by atoms with Gasteiger partial charge in [-0.05, 0) is 31.9 Å². The molecule has 0 radical (unpaired) electrons.